The molecule has 1 unspecified atom stereocenters. The number of likely N-dealkylation sites (N-methyl/N-ethyl adjacent to an activating group) is 1. The molecule has 4 nitrogen and oxygen atoms in total. The molecular formula is C16H17N3OS. The summed E-state index contributed by atoms with van der Waals surface area (Å²) >= 11 is 1.78. The maximum absolute atomic E-state index is 5.18. The van der Waals surface area contributed by atoms with Gasteiger partial charge in [-0.05, 0) is 35.9 Å². The third-order valence-electron chi connectivity index (χ3n) is 3.56. The Morgan fingerprint density at radius 3 is 2.95 bits per heavy atom. The van der Waals surface area contributed by atoms with Gasteiger partial charge in [0.1, 0.15) is 6.33 Å². The lowest BCUT2D eigenvalue weighted by Crippen LogP contribution is -2.20. The van der Waals surface area contributed by atoms with E-state index in [9.17, 15) is 0 Å². The molecule has 0 aliphatic carbocycles. The monoisotopic (exact) mass is 299 g/mol. The standard InChI is InChI=1S/C16H17N3OS/c1-17-13(14-8-16(20-2)19-10-18-14)7-11-9-21-15-6-4-3-5-12(11)15/h3-6,8-10,13,17H,7H2,1-2H3. The summed E-state index contributed by atoms with van der Waals surface area (Å²) in [6, 6.07) is 10.5. The van der Waals surface area contributed by atoms with Crippen LogP contribution in [0.2, 0.25) is 0 Å². The van der Waals surface area contributed by atoms with Crippen LogP contribution in [0.1, 0.15) is 17.3 Å². The van der Waals surface area contributed by atoms with E-state index >= 15 is 0 Å². The second-order valence-electron chi connectivity index (χ2n) is 4.79. The predicted molar refractivity (Wildman–Crippen MR) is 85.9 cm³/mol. The first-order valence-corrected chi connectivity index (χ1v) is 7.68. The summed E-state index contributed by atoms with van der Waals surface area (Å²) < 4.78 is 6.50. The summed E-state index contributed by atoms with van der Waals surface area (Å²) in [5.74, 6) is 0.593. The summed E-state index contributed by atoms with van der Waals surface area (Å²) in [5.41, 5.74) is 2.28. The minimum Gasteiger partial charge on any atom is -0.481 e. The Balaban J connectivity index is 1.90. The molecule has 3 rings (SSSR count). The molecule has 2 aromatic heterocycles. The quantitative estimate of drug-likeness (QED) is 0.786. The number of rotatable bonds is 5. The molecular weight excluding hydrogens is 282 g/mol. The van der Waals surface area contributed by atoms with Crippen molar-refractivity contribution < 1.29 is 4.74 Å². The average molecular weight is 299 g/mol. The SMILES string of the molecule is CNC(Cc1csc2ccccc12)c1cc(OC)ncn1. The normalized spacial score (nSPS) is 12.5. The molecule has 1 atom stereocenters. The van der Waals surface area contributed by atoms with E-state index in [-0.39, 0.29) is 6.04 Å². The summed E-state index contributed by atoms with van der Waals surface area (Å²) in [7, 11) is 3.57. The molecule has 1 aromatic carbocycles. The molecule has 0 radical (unpaired) electrons. The van der Waals surface area contributed by atoms with Crippen LogP contribution < -0.4 is 10.1 Å². The Bertz CT molecular complexity index is 741. The molecule has 0 aliphatic rings. The predicted octanol–water partition coefficient (Wildman–Crippen LogP) is 3.20. The number of nitrogens with zero attached hydrogens (tertiary/aromatic N) is 2. The first kappa shape index (κ1) is 14.0. The van der Waals surface area contributed by atoms with E-state index in [2.05, 4.69) is 44.9 Å². The van der Waals surface area contributed by atoms with E-state index in [4.69, 9.17) is 4.74 Å². The van der Waals surface area contributed by atoms with Gasteiger partial charge in [-0.3, -0.25) is 0 Å². The van der Waals surface area contributed by atoms with Crippen LogP contribution in [0.3, 0.4) is 0 Å². The first-order valence-electron chi connectivity index (χ1n) is 6.80. The van der Waals surface area contributed by atoms with Gasteiger partial charge in [0.05, 0.1) is 18.8 Å². The van der Waals surface area contributed by atoms with Crippen molar-refractivity contribution in [2.45, 2.75) is 12.5 Å². The lowest BCUT2D eigenvalue weighted by atomic mass is 10.0. The van der Waals surface area contributed by atoms with Gasteiger partial charge in [-0.25, -0.2) is 9.97 Å². The fraction of sp³-hybridized carbons (Fsp3) is 0.250. The Labute approximate surface area is 127 Å². The molecule has 2 heterocycles. The lowest BCUT2D eigenvalue weighted by Gasteiger charge is -2.15. The summed E-state index contributed by atoms with van der Waals surface area (Å²) in [5, 5.41) is 6.88. The van der Waals surface area contributed by atoms with Crippen molar-refractivity contribution in [3.05, 3.63) is 53.3 Å². The van der Waals surface area contributed by atoms with Gasteiger partial charge in [0.25, 0.3) is 0 Å². The molecule has 1 N–H and O–H groups in total. The Kier molecular flexibility index (Phi) is 4.13. The fourth-order valence-corrected chi connectivity index (χ4v) is 3.40. The van der Waals surface area contributed by atoms with Crippen LogP contribution >= 0.6 is 11.3 Å². The molecule has 0 saturated carbocycles. The summed E-state index contributed by atoms with van der Waals surface area (Å²) in [4.78, 5) is 8.43. The van der Waals surface area contributed by atoms with E-state index in [0.29, 0.717) is 5.88 Å². The van der Waals surface area contributed by atoms with Crippen LogP contribution in [0.15, 0.2) is 42.0 Å². The van der Waals surface area contributed by atoms with E-state index in [0.717, 1.165) is 12.1 Å². The lowest BCUT2D eigenvalue weighted by molar-refractivity contribution is 0.394. The van der Waals surface area contributed by atoms with E-state index < -0.39 is 0 Å². The van der Waals surface area contributed by atoms with Gasteiger partial charge in [-0.15, -0.1) is 11.3 Å². The Morgan fingerprint density at radius 1 is 1.29 bits per heavy atom. The third kappa shape index (κ3) is 2.89. The van der Waals surface area contributed by atoms with Gasteiger partial charge in [-0.1, -0.05) is 18.2 Å². The maximum atomic E-state index is 5.18. The molecule has 3 aromatic rings. The Morgan fingerprint density at radius 2 is 2.14 bits per heavy atom. The fourth-order valence-electron chi connectivity index (χ4n) is 2.42. The molecule has 0 aliphatic heterocycles. The van der Waals surface area contributed by atoms with E-state index in [1.54, 1.807) is 24.8 Å². The molecule has 108 valence electrons. The van der Waals surface area contributed by atoms with Crippen molar-refractivity contribution in [3.63, 3.8) is 0 Å². The van der Waals surface area contributed by atoms with Crippen LogP contribution in [0, 0.1) is 0 Å². The van der Waals surface area contributed by atoms with Gasteiger partial charge in [0, 0.05) is 10.8 Å². The summed E-state index contributed by atoms with van der Waals surface area (Å²) in [6.45, 7) is 0. The number of hydrogen-bond donors (Lipinski definition) is 1. The molecule has 0 fully saturated rings. The zero-order chi connectivity index (χ0) is 14.7. The van der Waals surface area contributed by atoms with Crippen LogP contribution in [0.25, 0.3) is 10.1 Å². The molecule has 5 heteroatoms. The van der Waals surface area contributed by atoms with Crippen molar-refractivity contribution in [3.8, 4) is 5.88 Å². The highest BCUT2D eigenvalue weighted by molar-refractivity contribution is 7.17. The molecule has 0 saturated heterocycles. The van der Waals surface area contributed by atoms with Crippen LogP contribution in [-0.2, 0) is 6.42 Å². The van der Waals surface area contributed by atoms with Gasteiger partial charge in [0.2, 0.25) is 5.88 Å². The van der Waals surface area contributed by atoms with Crippen LogP contribution in [-0.4, -0.2) is 24.1 Å². The van der Waals surface area contributed by atoms with Gasteiger partial charge in [0.15, 0.2) is 0 Å². The zero-order valence-electron chi connectivity index (χ0n) is 12.0. The highest BCUT2D eigenvalue weighted by Gasteiger charge is 2.15. The van der Waals surface area contributed by atoms with Crippen LogP contribution in [0.4, 0.5) is 0 Å². The number of fused-ring (bicyclic) bond motifs is 1. The second-order valence-corrected chi connectivity index (χ2v) is 5.70. The topological polar surface area (TPSA) is 47.0 Å². The summed E-state index contributed by atoms with van der Waals surface area (Å²) in [6.07, 6.45) is 2.44. The number of nitrogens with one attached hydrogen (secondary N) is 1. The molecule has 0 amide bonds. The number of methoxy groups -OCH3 is 1. The van der Waals surface area contributed by atoms with E-state index in [1.165, 1.54) is 15.6 Å². The third-order valence-corrected chi connectivity index (χ3v) is 4.58. The number of benzene rings is 1. The largest absolute Gasteiger partial charge is 0.481 e. The number of aromatic nitrogens is 2. The van der Waals surface area contributed by atoms with Crippen molar-refractivity contribution >= 4 is 21.4 Å². The minimum atomic E-state index is 0.139. The van der Waals surface area contributed by atoms with Crippen molar-refractivity contribution in [2.24, 2.45) is 0 Å². The van der Waals surface area contributed by atoms with Gasteiger partial charge >= 0.3 is 0 Å². The Hall–Kier alpha value is -1.98. The number of hydrogen-bond acceptors (Lipinski definition) is 5. The van der Waals surface area contributed by atoms with Crippen molar-refractivity contribution in [2.75, 3.05) is 14.2 Å². The number of thiophene rings is 1. The highest BCUT2D eigenvalue weighted by atomic mass is 32.1. The number of ether oxygens (including phenoxy) is 1. The molecule has 21 heavy (non-hydrogen) atoms. The minimum absolute atomic E-state index is 0.139. The van der Waals surface area contributed by atoms with Crippen molar-refractivity contribution in [1.82, 2.24) is 15.3 Å². The second kappa shape index (κ2) is 6.20. The van der Waals surface area contributed by atoms with Crippen molar-refractivity contribution in [1.29, 1.82) is 0 Å². The molecule has 0 bridgehead atoms. The smallest absolute Gasteiger partial charge is 0.216 e. The average Bonchev–Trinajstić information content (AvgIpc) is 2.95. The van der Waals surface area contributed by atoms with Crippen LogP contribution in [0.5, 0.6) is 5.88 Å². The van der Waals surface area contributed by atoms with Gasteiger partial charge < -0.3 is 10.1 Å². The van der Waals surface area contributed by atoms with Gasteiger partial charge in [-0.2, -0.15) is 0 Å². The zero-order valence-corrected chi connectivity index (χ0v) is 12.9. The highest BCUT2D eigenvalue weighted by Crippen LogP contribution is 2.29. The van der Waals surface area contributed by atoms with E-state index in [1.807, 2.05) is 13.1 Å². The first-order chi connectivity index (χ1) is 10.3. The maximum Gasteiger partial charge on any atom is 0.216 e. The molecule has 0 spiro atoms.